The lowest BCUT2D eigenvalue weighted by atomic mass is 9.82. The molecule has 0 atom stereocenters. The minimum Gasteiger partial charge on any atom is -0.481 e. The second-order valence-corrected chi connectivity index (χ2v) is 6.16. The Balaban J connectivity index is 1.56. The van der Waals surface area contributed by atoms with E-state index in [-0.39, 0.29) is 11.8 Å². The number of aliphatic carboxylic acids is 1. The van der Waals surface area contributed by atoms with Gasteiger partial charge in [0.15, 0.2) is 0 Å². The standard InChI is InChI=1S/C15H26N2O3/c18-14(7-10-17-8-1-2-9-17)16-11-12-3-5-13(6-4-12)15(19)20/h12-13H,1-11H2,(H,16,18)(H,19,20). The van der Waals surface area contributed by atoms with Crippen molar-refractivity contribution in [1.82, 2.24) is 10.2 Å². The molecule has 0 spiro atoms. The van der Waals surface area contributed by atoms with Gasteiger partial charge in [-0.05, 0) is 57.5 Å². The van der Waals surface area contributed by atoms with Crippen molar-refractivity contribution in [2.45, 2.75) is 44.9 Å². The fourth-order valence-corrected chi connectivity index (χ4v) is 3.23. The molecule has 0 bridgehead atoms. The fraction of sp³-hybridized carbons (Fsp3) is 0.867. The van der Waals surface area contributed by atoms with Gasteiger partial charge in [-0.3, -0.25) is 9.59 Å². The van der Waals surface area contributed by atoms with Gasteiger partial charge in [0, 0.05) is 19.5 Å². The summed E-state index contributed by atoms with van der Waals surface area (Å²) in [5, 5.41) is 11.9. The number of rotatable bonds is 6. The van der Waals surface area contributed by atoms with Crippen molar-refractivity contribution in [3.63, 3.8) is 0 Å². The fourth-order valence-electron chi connectivity index (χ4n) is 3.23. The van der Waals surface area contributed by atoms with Crippen molar-refractivity contribution in [2.24, 2.45) is 11.8 Å². The normalized spacial score (nSPS) is 27.4. The number of nitrogens with one attached hydrogen (secondary N) is 1. The number of likely N-dealkylation sites (tertiary alicyclic amines) is 1. The van der Waals surface area contributed by atoms with Crippen LogP contribution in [0.3, 0.4) is 0 Å². The van der Waals surface area contributed by atoms with Gasteiger partial charge in [-0.15, -0.1) is 0 Å². The Bertz CT molecular complexity index is 332. The molecule has 1 saturated carbocycles. The summed E-state index contributed by atoms with van der Waals surface area (Å²) >= 11 is 0. The molecule has 2 fully saturated rings. The van der Waals surface area contributed by atoms with Gasteiger partial charge >= 0.3 is 5.97 Å². The third kappa shape index (κ3) is 4.78. The Hall–Kier alpha value is -1.10. The average Bonchev–Trinajstić information content (AvgIpc) is 2.96. The van der Waals surface area contributed by atoms with Crippen molar-refractivity contribution in [3.05, 3.63) is 0 Å². The lowest BCUT2D eigenvalue weighted by Crippen LogP contribution is -2.34. The molecule has 2 aliphatic rings. The van der Waals surface area contributed by atoms with E-state index < -0.39 is 5.97 Å². The number of carbonyl (C=O) groups is 2. The van der Waals surface area contributed by atoms with E-state index in [0.717, 1.165) is 45.3 Å². The van der Waals surface area contributed by atoms with Gasteiger partial charge in [0.25, 0.3) is 0 Å². The van der Waals surface area contributed by atoms with Crippen LogP contribution in [0.2, 0.25) is 0 Å². The van der Waals surface area contributed by atoms with Gasteiger partial charge in [-0.25, -0.2) is 0 Å². The zero-order valence-corrected chi connectivity index (χ0v) is 12.1. The van der Waals surface area contributed by atoms with Gasteiger partial charge in [0.2, 0.25) is 5.91 Å². The topological polar surface area (TPSA) is 69.6 Å². The summed E-state index contributed by atoms with van der Waals surface area (Å²) in [7, 11) is 0. The molecule has 20 heavy (non-hydrogen) atoms. The van der Waals surface area contributed by atoms with E-state index in [4.69, 9.17) is 5.11 Å². The Morgan fingerprint density at radius 3 is 2.35 bits per heavy atom. The molecule has 114 valence electrons. The van der Waals surface area contributed by atoms with Gasteiger partial charge in [-0.2, -0.15) is 0 Å². The number of carboxylic acids is 1. The number of nitrogens with zero attached hydrogens (tertiary/aromatic N) is 1. The third-order valence-corrected chi connectivity index (χ3v) is 4.64. The molecule has 1 saturated heterocycles. The van der Waals surface area contributed by atoms with Crippen LogP contribution in [0, 0.1) is 11.8 Å². The first-order valence-corrected chi connectivity index (χ1v) is 7.87. The maximum Gasteiger partial charge on any atom is 0.306 e. The van der Waals surface area contributed by atoms with Crippen molar-refractivity contribution >= 4 is 11.9 Å². The summed E-state index contributed by atoms with van der Waals surface area (Å²) in [6, 6.07) is 0. The predicted octanol–water partition coefficient (Wildman–Crippen LogP) is 1.48. The molecule has 0 aromatic heterocycles. The molecule has 2 rings (SSSR count). The number of carbonyl (C=O) groups excluding carboxylic acids is 1. The molecule has 1 amide bonds. The summed E-state index contributed by atoms with van der Waals surface area (Å²) in [5.74, 6) is -0.242. The third-order valence-electron chi connectivity index (χ3n) is 4.64. The highest BCUT2D eigenvalue weighted by Crippen LogP contribution is 2.28. The first-order valence-electron chi connectivity index (χ1n) is 7.87. The van der Waals surface area contributed by atoms with E-state index in [9.17, 15) is 9.59 Å². The predicted molar refractivity (Wildman–Crippen MR) is 76.4 cm³/mol. The van der Waals surface area contributed by atoms with Crippen LogP contribution in [-0.4, -0.2) is 48.1 Å². The van der Waals surface area contributed by atoms with Crippen LogP contribution >= 0.6 is 0 Å². The van der Waals surface area contributed by atoms with Crippen molar-refractivity contribution in [3.8, 4) is 0 Å². The maximum absolute atomic E-state index is 11.8. The molecular weight excluding hydrogens is 256 g/mol. The molecule has 2 N–H and O–H groups in total. The number of hydrogen-bond donors (Lipinski definition) is 2. The van der Waals surface area contributed by atoms with Crippen molar-refractivity contribution < 1.29 is 14.7 Å². The Morgan fingerprint density at radius 2 is 1.75 bits per heavy atom. The smallest absolute Gasteiger partial charge is 0.306 e. The van der Waals surface area contributed by atoms with E-state index in [1.807, 2.05) is 0 Å². The highest BCUT2D eigenvalue weighted by Gasteiger charge is 2.26. The van der Waals surface area contributed by atoms with Gasteiger partial charge < -0.3 is 15.3 Å². The summed E-state index contributed by atoms with van der Waals surface area (Å²) in [6.45, 7) is 3.85. The van der Waals surface area contributed by atoms with Crippen LogP contribution in [-0.2, 0) is 9.59 Å². The number of amides is 1. The molecule has 1 aliphatic carbocycles. The van der Waals surface area contributed by atoms with Crippen LogP contribution in [0.5, 0.6) is 0 Å². The molecule has 0 radical (unpaired) electrons. The van der Waals surface area contributed by atoms with E-state index in [1.54, 1.807) is 0 Å². The lowest BCUT2D eigenvalue weighted by molar-refractivity contribution is -0.143. The van der Waals surface area contributed by atoms with E-state index in [0.29, 0.717) is 18.9 Å². The second-order valence-electron chi connectivity index (χ2n) is 6.16. The van der Waals surface area contributed by atoms with Crippen molar-refractivity contribution in [2.75, 3.05) is 26.2 Å². The summed E-state index contributed by atoms with van der Waals surface area (Å²) in [6.07, 6.45) is 6.45. The van der Waals surface area contributed by atoms with Crippen LogP contribution in [0.25, 0.3) is 0 Å². The number of hydrogen-bond acceptors (Lipinski definition) is 3. The highest BCUT2D eigenvalue weighted by atomic mass is 16.4. The van der Waals surface area contributed by atoms with Crippen LogP contribution in [0.1, 0.15) is 44.9 Å². The molecule has 1 aliphatic heterocycles. The first-order chi connectivity index (χ1) is 9.65. The van der Waals surface area contributed by atoms with Gasteiger partial charge in [0.1, 0.15) is 0 Å². The molecule has 0 unspecified atom stereocenters. The Labute approximate surface area is 120 Å². The number of carboxylic acid groups (broad SMARTS) is 1. The molecule has 0 aromatic rings. The molecule has 1 heterocycles. The zero-order valence-electron chi connectivity index (χ0n) is 12.1. The SMILES string of the molecule is O=C(CCN1CCCC1)NCC1CCC(C(=O)O)CC1. The lowest BCUT2D eigenvalue weighted by Gasteiger charge is -2.26. The van der Waals surface area contributed by atoms with Gasteiger partial charge in [-0.1, -0.05) is 0 Å². The Morgan fingerprint density at radius 1 is 1.10 bits per heavy atom. The first kappa shape index (κ1) is 15.3. The largest absolute Gasteiger partial charge is 0.481 e. The minimum absolute atomic E-state index is 0.136. The summed E-state index contributed by atoms with van der Waals surface area (Å²) < 4.78 is 0. The summed E-state index contributed by atoms with van der Waals surface area (Å²) in [5.41, 5.74) is 0. The van der Waals surface area contributed by atoms with Crippen molar-refractivity contribution in [1.29, 1.82) is 0 Å². The highest BCUT2D eigenvalue weighted by molar-refractivity contribution is 5.76. The quantitative estimate of drug-likeness (QED) is 0.774. The Kier molecular flexibility index (Phi) is 5.83. The summed E-state index contributed by atoms with van der Waals surface area (Å²) in [4.78, 5) is 25.0. The van der Waals surface area contributed by atoms with E-state index in [2.05, 4.69) is 10.2 Å². The molecule has 0 aromatic carbocycles. The monoisotopic (exact) mass is 282 g/mol. The van der Waals surface area contributed by atoms with Gasteiger partial charge in [0.05, 0.1) is 5.92 Å². The van der Waals surface area contributed by atoms with E-state index >= 15 is 0 Å². The molecular formula is C15H26N2O3. The maximum atomic E-state index is 11.8. The zero-order chi connectivity index (χ0) is 14.4. The second kappa shape index (κ2) is 7.62. The average molecular weight is 282 g/mol. The molecule has 5 nitrogen and oxygen atoms in total. The van der Waals surface area contributed by atoms with Crippen LogP contribution in [0.15, 0.2) is 0 Å². The van der Waals surface area contributed by atoms with E-state index in [1.165, 1.54) is 12.8 Å². The van der Waals surface area contributed by atoms with Crippen LogP contribution in [0.4, 0.5) is 0 Å². The van der Waals surface area contributed by atoms with Crippen LogP contribution < -0.4 is 5.32 Å². The minimum atomic E-state index is -0.668. The molecule has 5 heteroatoms.